The molecule has 0 spiro atoms. The highest BCUT2D eigenvalue weighted by molar-refractivity contribution is 7.98. The van der Waals surface area contributed by atoms with Gasteiger partial charge in [0.2, 0.25) is 5.78 Å². The number of hydrogen-bond acceptors (Lipinski definition) is 6. The molecule has 0 unspecified atom stereocenters. The van der Waals surface area contributed by atoms with Crippen molar-refractivity contribution < 1.29 is 17.9 Å². The lowest BCUT2D eigenvalue weighted by atomic mass is 10.1. The number of aromatic nitrogens is 4. The molecule has 11 heteroatoms. The van der Waals surface area contributed by atoms with Crippen LogP contribution in [0.4, 0.5) is 13.2 Å². The van der Waals surface area contributed by atoms with Gasteiger partial charge in [-0.1, -0.05) is 30.0 Å². The normalized spacial score (nSPS) is 17.2. The first-order valence-corrected chi connectivity index (χ1v) is 11.5. The first kappa shape index (κ1) is 20.5. The molecule has 0 saturated carbocycles. The molecule has 1 aliphatic rings. The van der Waals surface area contributed by atoms with Crippen molar-refractivity contribution in [3.8, 4) is 0 Å². The molecule has 6 nitrogen and oxygen atoms in total. The van der Waals surface area contributed by atoms with E-state index in [-0.39, 0.29) is 11.7 Å². The van der Waals surface area contributed by atoms with Crippen LogP contribution in [0.1, 0.15) is 24.0 Å². The molecule has 0 radical (unpaired) electrons. The number of nitrogens with zero attached hydrogens (tertiary/aromatic N) is 4. The summed E-state index contributed by atoms with van der Waals surface area (Å²) in [5, 5.41) is 10.9. The summed E-state index contributed by atoms with van der Waals surface area (Å²) in [5.74, 6) is 0.708. The molecule has 1 aliphatic heterocycles. The summed E-state index contributed by atoms with van der Waals surface area (Å²) in [4.78, 5) is 13.0. The van der Waals surface area contributed by atoms with Crippen LogP contribution < -0.4 is 5.56 Å². The van der Waals surface area contributed by atoms with Crippen LogP contribution >= 0.6 is 23.1 Å². The first-order chi connectivity index (χ1) is 14.9. The van der Waals surface area contributed by atoms with Crippen molar-refractivity contribution in [2.75, 3.05) is 6.61 Å². The fraction of sp³-hybridized carbons (Fsp3) is 0.350. The van der Waals surface area contributed by atoms with E-state index in [0.717, 1.165) is 25.0 Å². The predicted molar refractivity (Wildman–Crippen MR) is 113 cm³/mol. The Morgan fingerprint density at radius 1 is 1.26 bits per heavy atom. The maximum Gasteiger partial charge on any atom is 0.416 e. The van der Waals surface area contributed by atoms with Gasteiger partial charge >= 0.3 is 6.18 Å². The second-order valence-electron chi connectivity index (χ2n) is 7.29. The van der Waals surface area contributed by atoms with E-state index in [1.54, 1.807) is 15.0 Å². The fourth-order valence-electron chi connectivity index (χ4n) is 3.74. The second-order valence-corrected chi connectivity index (χ2v) is 9.15. The van der Waals surface area contributed by atoms with E-state index >= 15 is 0 Å². The van der Waals surface area contributed by atoms with Gasteiger partial charge in [-0.3, -0.25) is 13.8 Å². The number of fused-ring (bicyclic) bond motifs is 3. The lowest BCUT2D eigenvalue weighted by molar-refractivity contribution is -0.137. The minimum absolute atomic E-state index is 0.0446. The van der Waals surface area contributed by atoms with Crippen molar-refractivity contribution >= 4 is 39.1 Å². The summed E-state index contributed by atoms with van der Waals surface area (Å²) >= 11 is 2.63. The molecule has 0 aliphatic carbocycles. The molecule has 1 fully saturated rings. The van der Waals surface area contributed by atoms with Gasteiger partial charge in [0, 0.05) is 12.4 Å². The zero-order valence-electron chi connectivity index (χ0n) is 16.1. The van der Waals surface area contributed by atoms with Crippen LogP contribution in [0.25, 0.3) is 16.0 Å². The largest absolute Gasteiger partial charge is 0.416 e. The van der Waals surface area contributed by atoms with Gasteiger partial charge in [-0.25, -0.2) is 0 Å². The topological polar surface area (TPSA) is 61.4 Å². The number of rotatable bonds is 5. The number of benzene rings is 1. The Morgan fingerprint density at radius 3 is 2.90 bits per heavy atom. The van der Waals surface area contributed by atoms with E-state index in [1.165, 1.54) is 29.2 Å². The summed E-state index contributed by atoms with van der Waals surface area (Å²) in [6.07, 6.45) is -2.59. The molecule has 5 rings (SSSR count). The summed E-state index contributed by atoms with van der Waals surface area (Å²) in [6.45, 7) is 1.08. The minimum atomic E-state index is -4.39. The monoisotopic (exact) mass is 466 g/mol. The van der Waals surface area contributed by atoms with Crippen LogP contribution in [-0.4, -0.2) is 31.9 Å². The third-order valence-corrected chi connectivity index (χ3v) is 7.11. The van der Waals surface area contributed by atoms with Crippen LogP contribution in [0.2, 0.25) is 0 Å². The van der Waals surface area contributed by atoms with Crippen LogP contribution in [-0.2, 0) is 23.2 Å². The van der Waals surface area contributed by atoms with Gasteiger partial charge < -0.3 is 4.74 Å². The zero-order chi connectivity index (χ0) is 21.6. The standard InChI is InChI=1S/C20H17F3N4O2S2/c21-20(22,23)13-4-1-3-12(9-13)11-31-19-25-24-18-26(10-14-5-2-7-29-14)17(28)16-15(27(18)19)6-8-30-16/h1,3-4,6,8-9,14H,2,5,7,10-11H2/t14-/m0/s1. The molecular weight excluding hydrogens is 449 g/mol. The lowest BCUT2D eigenvalue weighted by Gasteiger charge is -2.13. The van der Waals surface area contributed by atoms with E-state index in [4.69, 9.17) is 4.74 Å². The van der Waals surface area contributed by atoms with E-state index < -0.39 is 11.7 Å². The highest BCUT2D eigenvalue weighted by atomic mass is 32.2. The molecule has 1 saturated heterocycles. The van der Waals surface area contributed by atoms with Crippen molar-refractivity contribution in [1.82, 2.24) is 19.2 Å². The van der Waals surface area contributed by atoms with E-state index in [0.29, 0.717) is 45.6 Å². The van der Waals surface area contributed by atoms with Crippen molar-refractivity contribution in [1.29, 1.82) is 0 Å². The molecular formula is C20H17F3N4O2S2. The van der Waals surface area contributed by atoms with Gasteiger partial charge in [0.15, 0.2) is 5.16 Å². The van der Waals surface area contributed by atoms with Gasteiger partial charge in [-0.15, -0.1) is 21.5 Å². The van der Waals surface area contributed by atoms with Gasteiger partial charge in [-0.2, -0.15) is 13.2 Å². The van der Waals surface area contributed by atoms with Crippen molar-refractivity contribution in [2.45, 2.75) is 42.6 Å². The van der Waals surface area contributed by atoms with Gasteiger partial charge in [0.05, 0.1) is 23.7 Å². The molecule has 4 heterocycles. The first-order valence-electron chi connectivity index (χ1n) is 9.67. The predicted octanol–water partition coefficient (Wildman–Crippen LogP) is 4.60. The van der Waals surface area contributed by atoms with E-state index in [1.807, 2.05) is 11.4 Å². The number of ether oxygens (including phenoxy) is 1. The molecule has 3 aromatic heterocycles. The SMILES string of the molecule is O=c1c2sccc2n2c(SCc3cccc(C(F)(F)F)c3)nnc2n1C[C@@H]1CCCO1. The molecule has 0 bridgehead atoms. The van der Waals surface area contributed by atoms with Crippen LogP contribution in [0, 0.1) is 0 Å². The number of hydrogen-bond donors (Lipinski definition) is 0. The second kappa shape index (κ2) is 7.95. The smallest absolute Gasteiger partial charge is 0.376 e. The maximum absolute atomic E-state index is 13.0. The molecule has 31 heavy (non-hydrogen) atoms. The van der Waals surface area contributed by atoms with Gasteiger partial charge in [0.1, 0.15) is 4.70 Å². The number of thiophene rings is 1. The van der Waals surface area contributed by atoms with Crippen LogP contribution in [0.3, 0.4) is 0 Å². The zero-order valence-corrected chi connectivity index (χ0v) is 17.8. The highest BCUT2D eigenvalue weighted by Gasteiger charge is 2.30. The average molecular weight is 467 g/mol. The Labute approximate surface area is 182 Å². The minimum Gasteiger partial charge on any atom is -0.376 e. The third-order valence-electron chi connectivity index (χ3n) is 5.21. The van der Waals surface area contributed by atoms with E-state index in [9.17, 15) is 18.0 Å². The number of halogens is 3. The maximum atomic E-state index is 13.0. The Morgan fingerprint density at radius 2 is 2.13 bits per heavy atom. The molecule has 1 aromatic carbocycles. The van der Waals surface area contributed by atoms with Crippen molar-refractivity contribution in [3.05, 3.63) is 57.2 Å². The molecule has 1 atom stereocenters. The van der Waals surface area contributed by atoms with Crippen molar-refractivity contribution in [3.63, 3.8) is 0 Å². The number of alkyl halides is 3. The Hall–Kier alpha value is -2.37. The summed E-state index contributed by atoms with van der Waals surface area (Å²) in [5.41, 5.74) is 0.424. The quantitative estimate of drug-likeness (QED) is 0.403. The molecule has 162 valence electrons. The molecule has 0 amide bonds. The van der Waals surface area contributed by atoms with Crippen LogP contribution in [0.15, 0.2) is 45.7 Å². The highest BCUT2D eigenvalue weighted by Crippen LogP contribution is 2.32. The Bertz CT molecular complexity index is 1310. The average Bonchev–Trinajstić information content (AvgIpc) is 3.49. The molecule has 0 N–H and O–H groups in total. The number of thioether (sulfide) groups is 1. The summed E-state index contributed by atoms with van der Waals surface area (Å²) in [6, 6.07) is 7.08. The Kier molecular flexibility index (Phi) is 5.27. The van der Waals surface area contributed by atoms with Gasteiger partial charge in [0.25, 0.3) is 5.56 Å². The van der Waals surface area contributed by atoms with E-state index in [2.05, 4.69) is 10.2 Å². The lowest BCUT2D eigenvalue weighted by Crippen LogP contribution is -2.28. The molecule has 4 aromatic rings. The van der Waals surface area contributed by atoms with Crippen LogP contribution in [0.5, 0.6) is 0 Å². The summed E-state index contributed by atoms with van der Waals surface area (Å²) in [7, 11) is 0. The fourth-order valence-corrected chi connectivity index (χ4v) is 5.44. The third kappa shape index (κ3) is 3.85. The summed E-state index contributed by atoms with van der Waals surface area (Å²) < 4.78 is 48.7. The van der Waals surface area contributed by atoms with Crippen molar-refractivity contribution in [2.24, 2.45) is 0 Å². The Balaban J connectivity index is 1.52. The van der Waals surface area contributed by atoms with Gasteiger partial charge in [-0.05, 0) is 35.9 Å².